The molecule has 0 heterocycles. The molecule has 0 aromatic heterocycles. The average molecular weight is 520 g/mol. The molecule has 0 spiro atoms. The van der Waals surface area contributed by atoms with E-state index in [4.69, 9.17) is 9.73 Å². The summed E-state index contributed by atoms with van der Waals surface area (Å²) < 4.78 is 6.51. The van der Waals surface area contributed by atoms with Crippen molar-refractivity contribution in [3.63, 3.8) is 0 Å². The summed E-state index contributed by atoms with van der Waals surface area (Å²) in [5, 5.41) is 0. The van der Waals surface area contributed by atoms with E-state index in [-0.39, 0.29) is 4.58 Å². The molecule has 0 unspecified atom stereocenters. The molecule has 0 fully saturated rings. The van der Waals surface area contributed by atoms with E-state index in [9.17, 15) is 0 Å². The summed E-state index contributed by atoms with van der Waals surface area (Å²) in [7, 11) is 7.27. The highest BCUT2D eigenvalue weighted by Gasteiger charge is 2.18. The van der Waals surface area contributed by atoms with Gasteiger partial charge in [-0.15, -0.1) is 0 Å². The highest BCUT2D eigenvalue weighted by atomic mass is 33.1. The fourth-order valence-electron chi connectivity index (χ4n) is 2.90. The molecule has 0 N–H and O–H groups in total. The van der Waals surface area contributed by atoms with E-state index < -0.39 is 0 Å². The van der Waals surface area contributed by atoms with Crippen LogP contribution in [0.4, 0.5) is 5.69 Å². The molecule has 0 aliphatic heterocycles. The summed E-state index contributed by atoms with van der Waals surface area (Å²) in [6.07, 6.45) is 0.692. The van der Waals surface area contributed by atoms with Gasteiger partial charge in [0.05, 0.1) is 10.3 Å². The van der Waals surface area contributed by atoms with Crippen LogP contribution < -0.4 is 4.74 Å². The topological polar surface area (TPSA) is 21.6 Å². The first-order valence-electron chi connectivity index (χ1n) is 10.9. The second-order valence-electron chi connectivity index (χ2n) is 7.38. The quantitative estimate of drug-likeness (QED) is 0.0897. The standard InChI is InChI=1S/C28H25NOS4/c1-22-17-19-23(20-18-22)29-27(30-24-11-5-2-6-12-24)21-28(33-31-25-13-7-3-8-14-25)34-32-26-15-9-4-10-16-26/h2-20,28H,21H2,1H3. The van der Waals surface area contributed by atoms with E-state index in [1.807, 2.05) is 76.2 Å². The minimum Gasteiger partial charge on any atom is -0.443 e. The van der Waals surface area contributed by atoms with Crippen LogP contribution in [0.3, 0.4) is 0 Å². The molecular formula is C28H25NOS4. The van der Waals surface area contributed by atoms with Gasteiger partial charge in [0, 0.05) is 16.2 Å². The molecule has 0 saturated heterocycles. The molecule has 0 aliphatic rings. The Morgan fingerprint density at radius 2 is 1.18 bits per heavy atom. The molecule has 2 nitrogen and oxygen atoms in total. The average Bonchev–Trinajstić information content (AvgIpc) is 2.89. The molecule has 0 amide bonds. The van der Waals surface area contributed by atoms with Crippen molar-refractivity contribution in [3.05, 3.63) is 121 Å². The maximum absolute atomic E-state index is 6.29. The van der Waals surface area contributed by atoms with Gasteiger partial charge in [-0.05, 0) is 55.5 Å². The Labute approximate surface area is 217 Å². The van der Waals surface area contributed by atoms with Crippen LogP contribution in [0.5, 0.6) is 5.75 Å². The number of nitrogens with zero attached hydrogens (tertiary/aromatic N) is 1. The summed E-state index contributed by atoms with van der Waals surface area (Å²) in [4.78, 5) is 7.37. The third-order valence-corrected chi connectivity index (χ3v) is 10.9. The molecule has 0 atom stereocenters. The first-order chi connectivity index (χ1) is 16.7. The molecule has 34 heavy (non-hydrogen) atoms. The number of rotatable bonds is 10. The van der Waals surface area contributed by atoms with Crippen LogP contribution in [0.15, 0.2) is 130 Å². The van der Waals surface area contributed by atoms with Crippen LogP contribution in [0.25, 0.3) is 0 Å². The summed E-state index contributed by atoms with van der Waals surface area (Å²) in [5.74, 6) is 1.51. The van der Waals surface area contributed by atoms with Crippen LogP contribution in [0, 0.1) is 6.92 Å². The highest BCUT2D eigenvalue weighted by molar-refractivity contribution is 8.85. The minimum absolute atomic E-state index is 0.225. The fourth-order valence-corrected chi connectivity index (χ4v) is 8.67. The molecular weight excluding hydrogens is 495 g/mol. The number of aliphatic imine (C=N–C) groups is 1. The number of hydrogen-bond donors (Lipinski definition) is 0. The van der Waals surface area contributed by atoms with Gasteiger partial charge in [0.15, 0.2) is 5.90 Å². The Morgan fingerprint density at radius 3 is 1.71 bits per heavy atom. The van der Waals surface area contributed by atoms with E-state index >= 15 is 0 Å². The largest absolute Gasteiger partial charge is 0.443 e. The highest BCUT2D eigenvalue weighted by Crippen LogP contribution is 2.47. The Morgan fingerprint density at radius 1 is 0.676 bits per heavy atom. The smallest absolute Gasteiger partial charge is 0.197 e. The van der Waals surface area contributed by atoms with E-state index in [0.717, 1.165) is 11.4 Å². The molecule has 6 heteroatoms. The van der Waals surface area contributed by atoms with Crippen LogP contribution in [-0.2, 0) is 0 Å². The molecule has 0 radical (unpaired) electrons. The number of benzene rings is 4. The lowest BCUT2D eigenvalue weighted by atomic mass is 10.2. The third-order valence-electron chi connectivity index (χ3n) is 4.60. The van der Waals surface area contributed by atoms with Gasteiger partial charge in [-0.2, -0.15) is 0 Å². The Bertz CT molecular complexity index is 1110. The van der Waals surface area contributed by atoms with Crippen molar-refractivity contribution in [3.8, 4) is 5.75 Å². The lowest BCUT2D eigenvalue weighted by molar-refractivity contribution is 0.535. The zero-order chi connectivity index (χ0) is 23.4. The Kier molecular flexibility index (Phi) is 9.94. The van der Waals surface area contributed by atoms with E-state index in [2.05, 4.69) is 67.6 Å². The molecule has 0 saturated carbocycles. The summed E-state index contributed by atoms with van der Waals surface area (Å²) >= 11 is 0. The SMILES string of the molecule is Cc1ccc(N=C(CC(SSc2ccccc2)SSc2ccccc2)Oc2ccccc2)cc1. The van der Waals surface area contributed by atoms with Gasteiger partial charge in [-0.3, -0.25) is 0 Å². The fraction of sp³-hybridized carbons (Fsp3) is 0.107. The normalized spacial score (nSPS) is 11.5. The molecule has 0 bridgehead atoms. The van der Waals surface area contributed by atoms with E-state index in [1.54, 1.807) is 21.6 Å². The number of aryl methyl sites for hydroxylation is 1. The van der Waals surface area contributed by atoms with Crippen molar-refractivity contribution in [2.75, 3.05) is 0 Å². The van der Waals surface area contributed by atoms with Crippen molar-refractivity contribution in [1.82, 2.24) is 0 Å². The Hall–Kier alpha value is -2.25. The summed E-state index contributed by atoms with van der Waals surface area (Å²) in [6.45, 7) is 2.08. The predicted molar refractivity (Wildman–Crippen MR) is 154 cm³/mol. The summed E-state index contributed by atoms with van der Waals surface area (Å²) in [6, 6.07) is 39.1. The third kappa shape index (κ3) is 8.51. The number of hydrogen-bond acceptors (Lipinski definition) is 6. The second-order valence-corrected chi connectivity index (χ2v) is 12.6. The van der Waals surface area contributed by atoms with Crippen LogP contribution in [0.2, 0.25) is 0 Å². The zero-order valence-electron chi connectivity index (χ0n) is 18.7. The Balaban J connectivity index is 1.54. The lowest BCUT2D eigenvalue weighted by Gasteiger charge is -2.17. The number of ether oxygens (including phenoxy) is 1. The van der Waals surface area contributed by atoms with Gasteiger partial charge in [-0.25, -0.2) is 4.99 Å². The molecule has 172 valence electrons. The van der Waals surface area contributed by atoms with Crippen LogP contribution in [-0.4, -0.2) is 10.5 Å². The van der Waals surface area contributed by atoms with Gasteiger partial charge in [0.25, 0.3) is 0 Å². The van der Waals surface area contributed by atoms with Crippen LogP contribution >= 0.6 is 43.2 Å². The molecule has 4 aromatic carbocycles. The van der Waals surface area contributed by atoms with Gasteiger partial charge in [0.1, 0.15) is 5.75 Å². The van der Waals surface area contributed by atoms with Crippen molar-refractivity contribution in [2.45, 2.75) is 27.7 Å². The predicted octanol–water partition coefficient (Wildman–Crippen LogP) is 9.70. The first-order valence-corrected chi connectivity index (χ1v) is 15.3. The maximum Gasteiger partial charge on any atom is 0.197 e. The van der Waals surface area contributed by atoms with E-state index in [1.165, 1.54) is 15.4 Å². The number of para-hydroxylation sites is 1. The monoisotopic (exact) mass is 519 g/mol. The van der Waals surface area contributed by atoms with Crippen molar-refractivity contribution in [2.24, 2.45) is 4.99 Å². The zero-order valence-corrected chi connectivity index (χ0v) is 22.0. The van der Waals surface area contributed by atoms with Gasteiger partial charge in [0.2, 0.25) is 0 Å². The van der Waals surface area contributed by atoms with E-state index in [0.29, 0.717) is 12.3 Å². The molecule has 4 aromatic rings. The van der Waals surface area contributed by atoms with Crippen molar-refractivity contribution < 1.29 is 4.74 Å². The van der Waals surface area contributed by atoms with Gasteiger partial charge >= 0.3 is 0 Å². The van der Waals surface area contributed by atoms with Gasteiger partial charge < -0.3 is 4.74 Å². The summed E-state index contributed by atoms with van der Waals surface area (Å²) in [5.41, 5.74) is 2.11. The van der Waals surface area contributed by atoms with Crippen LogP contribution in [0.1, 0.15) is 12.0 Å². The van der Waals surface area contributed by atoms with Crippen molar-refractivity contribution >= 4 is 54.8 Å². The molecule has 0 aliphatic carbocycles. The first kappa shape index (κ1) is 24.9. The maximum atomic E-state index is 6.29. The van der Waals surface area contributed by atoms with Crippen molar-refractivity contribution in [1.29, 1.82) is 0 Å². The van der Waals surface area contributed by atoms with Gasteiger partial charge in [-0.1, -0.05) is 115 Å². The lowest BCUT2D eigenvalue weighted by Crippen LogP contribution is -2.13. The minimum atomic E-state index is 0.225. The second kappa shape index (κ2) is 13.6. The molecule has 4 rings (SSSR count).